The van der Waals surface area contributed by atoms with Gasteiger partial charge in [-0.05, 0) is 46.1 Å². The van der Waals surface area contributed by atoms with E-state index in [4.69, 9.17) is 5.73 Å². The van der Waals surface area contributed by atoms with Crippen LogP contribution in [0.2, 0.25) is 0 Å². The van der Waals surface area contributed by atoms with Crippen LogP contribution >= 0.6 is 0 Å². The zero-order valence-corrected chi connectivity index (χ0v) is 16.4. The van der Waals surface area contributed by atoms with E-state index in [2.05, 4.69) is 97.0 Å². The third-order valence-corrected chi connectivity index (χ3v) is 4.93. The Morgan fingerprint density at radius 2 is 1.25 bits per heavy atom. The van der Waals surface area contributed by atoms with Gasteiger partial charge >= 0.3 is 0 Å². The highest BCUT2D eigenvalue weighted by Gasteiger charge is 2.30. The average Bonchev–Trinajstić information content (AvgIpc) is 2.45. The third kappa shape index (κ3) is 4.20. The van der Waals surface area contributed by atoms with Gasteiger partial charge in [0.15, 0.2) is 0 Å². The first-order chi connectivity index (χ1) is 10.9. The van der Waals surface area contributed by atoms with Crippen molar-refractivity contribution in [1.29, 1.82) is 0 Å². The van der Waals surface area contributed by atoms with Gasteiger partial charge in [-0.1, -0.05) is 84.9 Å². The predicted molar refractivity (Wildman–Crippen MR) is 107 cm³/mol. The Labute approximate surface area is 148 Å². The van der Waals surface area contributed by atoms with E-state index in [0.29, 0.717) is 0 Å². The Kier molecular flexibility index (Phi) is 4.86. The van der Waals surface area contributed by atoms with Gasteiger partial charge in [0.05, 0.1) is 0 Å². The van der Waals surface area contributed by atoms with E-state index >= 15 is 0 Å². The number of hydrogen-bond donors (Lipinski definition) is 1. The summed E-state index contributed by atoms with van der Waals surface area (Å²) in [5.74, 6) is 0. The topological polar surface area (TPSA) is 26.0 Å². The molecule has 24 heavy (non-hydrogen) atoms. The summed E-state index contributed by atoms with van der Waals surface area (Å²) in [4.78, 5) is 0. The van der Waals surface area contributed by atoms with Crippen LogP contribution in [0.25, 0.3) is 0 Å². The molecule has 0 saturated heterocycles. The van der Waals surface area contributed by atoms with Crippen LogP contribution in [0, 0.1) is 5.41 Å². The predicted octanol–water partition coefficient (Wildman–Crippen LogP) is 6.31. The number of benzene rings is 2. The first-order valence-corrected chi connectivity index (χ1v) is 8.89. The summed E-state index contributed by atoms with van der Waals surface area (Å²) in [5.41, 5.74) is 11.4. The number of hydrogen-bond acceptors (Lipinski definition) is 1. The molecule has 0 bridgehead atoms. The van der Waals surface area contributed by atoms with E-state index in [9.17, 15) is 0 Å². The van der Waals surface area contributed by atoms with Gasteiger partial charge in [0.1, 0.15) is 0 Å². The molecule has 1 heteroatoms. The van der Waals surface area contributed by atoms with Gasteiger partial charge in [0.25, 0.3) is 0 Å². The van der Waals surface area contributed by atoms with Gasteiger partial charge in [0, 0.05) is 11.1 Å². The Bertz CT molecular complexity index is 688. The van der Waals surface area contributed by atoms with Crippen LogP contribution in [-0.2, 0) is 10.8 Å². The lowest BCUT2D eigenvalue weighted by Gasteiger charge is -2.35. The van der Waals surface area contributed by atoms with Gasteiger partial charge in [-0.15, -0.1) is 0 Å². The molecule has 2 aromatic carbocycles. The Morgan fingerprint density at radius 3 is 1.79 bits per heavy atom. The van der Waals surface area contributed by atoms with E-state index in [1.54, 1.807) is 0 Å². The van der Waals surface area contributed by atoms with Crippen molar-refractivity contribution in [3.8, 4) is 0 Å². The quantitative estimate of drug-likeness (QED) is 0.656. The fourth-order valence-electron chi connectivity index (χ4n) is 3.85. The smallest absolute Gasteiger partial charge is 0.0320 e. The second kappa shape index (κ2) is 6.27. The summed E-state index contributed by atoms with van der Waals surface area (Å²) in [6, 6.07) is 17.3. The van der Waals surface area contributed by atoms with Crippen molar-refractivity contribution in [1.82, 2.24) is 0 Å². The molecule has 0 heterocycles. The van der Waals surface area contributed by atoms with Crippen molar-refractivity contribution in [2.24, 2.45) is 5.41 Å². The van der Waals surface area contributed by atoms with Crippen LogP contribution in [0.4, 0.5) is 5.69 Å². The van der Waals surface area contributed by atoms with Crippen LogP contribution in [0.15, 0.2) is 48.5 Å². The maximum Gasteiger partial charge on any atom is 0.0320 e. The molecule has 0 aliphatic rings. The number of anilines is 1. The molecule has 0 saturated carbocycles. The molecule has 0 aliphatic carbocycles. The SMILES string of the molecule is CC(C)(C)CC(C)(C)c1cc(N)cc(C(C)(C)c2ccccc2)c1. The van der Waals surface area contributed by atoms with Crippen LogP contribution in [-0.4, -0.2) is 0 Å². The van der Waals surface area contributed by atoms with Crippen molar-refractivity contribution >= 4 is 5.69 Å². The molecule has 0 spiro atoms. The maximum atomic E-state index is 6.29. The summed E-state index contributed by atoms with van der Waals surface area (Å²) >= 11 is 0. The lowest BCUT2D eigenvalue weighted by molar-refractivity contribution is 0.284. The molecule has 2 N–H and O–H groups in total. The number of rotatable bonds is 4. The lowest BCUT2D eigenvalue weighted by atomic mass is 9.70. The van der Waals surface area contributed by atoms with Crippen molar-refractivity contribution in [2.45, 2.75) is 65.7 Å². The monoisotopic (exact) mass is 323 g/mol. The third-order valence-electron chi connectivity index (χ3n) is 4.93. The van der Waals surface area contributed by atoms with Crippen LogP contribution < -0.4 is 5.73 Å². The van der Waals surface area contributed by atoms with Gasteiger partial charge in [-0.3, -0.25) is 0 Å². The average molecular weight is 324 g/mol. The molecule has 0 atom stereocenters. The summed E-state index contributed by atoms with van der Waals surface area (Å²) in [6.45, 7) is 16.1. The lowest BCUT2D eigenvalue weighted by Crippen LogP contribution is -2.26. The molecule has 130 valence electrons. The highest BCUT2D eigenvalue weighted by atomic mass is 14.6. The van der Waals surface area contributed by atoms with Crippen molar-refractivity contribution in [3.63, 3.8) is 0 Å². The zero-order valence-electron chi connectivity index (χ0n) is 16.4. The van der Waals surface area contributed by atoms with Crippen molar-refractivity contribution < 1.29 is 0 Å². The molecular weight excluding hydrogens is 290 g/mol. The minimum atomic E-state index is -0.0663. The minimum absolute atomic E-state index is 0.0663. The second-order valence-electron chi connectivity index (χ2n) is 9.46. The molecule has 1 nitrogen and oxygen atoms in total. The fourth-order valence-corrected chi connectivity index (χ4v) is 3.85. The molecule has 0 radical (unpaired) electrons. The highest BCUT2D eigenvalue weighted by Crippen LogP contribution is 2.40. The summed E-state index contributed by atoms with van der Waals surface area (Å²) < 4.78 is 0. The molecule has 0 aliphatic heterocycles. The van der Waals surface area contributed by atoms with E-state index in [1.807, 2.05) is 0 Å². The van der Waals surface area contributed by atoms with Crippen molar-refractivity contribution in [3.05, 3.63) is 65.2 Å². The standard InChI is InChI=1S/C23H33N/c1-21(2,3)16-22(4,5)18-13-19(15-20(24)14-18)23(6,7)17-11-9-8-10-12-17/h8-15H,16,24H2,1-7H3. The zero-order chi connectivity index (χ0) is 18.2. The molecule has 2 aromatic rings. The summed E-state index contributed by atoms with van der Waals surface area (Å²) in [5, 5.41) is 0. The molecular formula is C23H33N. The number of nitrogens with two attached hydrogens (primary N) is 1. The van der Waals surface area contributed by atoms with Crippen molar-refractivity contribution in [2.75, 3.05) is 5.73 Å². The Balaban J connectivity index is 2.49. The highest BCUT2D eigenvalue weighted by molar-refractivity contribution is 5.51. The maximum absolute atomic E-state index is 6.29. The van der Waals surface area contributed by atoms with E-state index in [1.165, 1.54) is 16.7 Å². The largest absolute Gasteiger partial charge is 0.399 e. The molecule has 2 rings (SSSR count). The first kappa shape index (κ1) is 18.6. The minimum Gasteiger partial charge on any atom is -0.399 e. The Morgan fingerprint density at radius 1 is 0.708 bits per heavy atom. The Hall–Kier alpha value is -1.76. The molecule has 0 amide bonds. The van der Waals surface area contributed by atoms with E-state index < -0.39 is 0 Å². The van der Waals surface area contributed by atoms with Gasteiger partial charge in [-0.2, -0.15) is 0 Å². The number of nitrogen functional groups attached to an aromatic ring is 1. The molecule has 0 fully saturated rings. The normalized spacial score (nSPS) is 13.1. The van der Waals surface area contributed by atoms with Gasteiger partial charge in [0.2, 0.25) is 0 Å². The van der Waals surface area contributed by atoms with E-state index in [0.717, 1.165) is 12.1 Å². The van der Waals surface area contributed by atoms with Gasteiger partial charge < -0.3 is 5.73 Å². The molecule has 0 unspecified atom stereocenters. The van der Waals surface area contributed by atoms with Crippen LogP contribution in [0.5, 0.6) is 0 Å². The fraction of sp³-hybridized carbons (Fsp3) is 0.478. The van der Waals surface area contributed by atoms with Gasteiger partial charge in [-0.25, -0.2) is 0 Å². The van der Waals surface area contributed by atoms with E-state index in [-0.39, 0.29) is 16.2 Å². The summed E-state index contributed by atoms with van der Waals surface area (Å²) in [7, 11) is 0. The summed E-state index contributed by atoms with van der Waals surface area (Å²) in [6.07, 6.45) is 1.12. The van der Waals surface area contributed by atoms with Crippen LogP contribution in [0.1, 0.15) is 71.6 Å². The molecule has 0 aromatic heterocycles. The van der Waals surface area contributed by atoms with Crippen LogP contribution in [0.3, 0.4) is 0 Å². The second-order valence-corrected chi connectivity index (χ2v) is 9.46. The first-order valence-electron chi connectivity index (χ1n) is 8.89.